The van der Waals surface area contributed by atoms with Crippen LogP contribution in [0.2, 0.25) is 0 Å². The van der Waals surface area contributed by atoms with E-state index in [-0.39, 0.29) is 0 Å². The molecule has 0 unspecified atom stereocenters. The predicted molar refractivity (Wildman–Crippen MR) is 77.0 cm³/mol. The van der Waals surface area contributed by atoms with Gasteiger partial charge in [0.2, 0.25) is 0 Å². The molecule has 0 atom stereocenters. The van der Waals surface area contributed by atoms with Crippen molar-refractivity contribution in [1.82, 2.24) is 5.32 Å². The molecule has 0 radical (unpaired) electrons. The molecule has 0 saturated heterocycles. The summed E-state index contributed by atoms with van der Waals surface area (Å²) in [6, 6.07) is 13.8. The lowest BCUT2D eigenvalue weighted by molar-refractivity contribution is 0.378. The van der Waals surface area contributed by atoms with Gasteiger partial charge in [0.05, 0.1) is 7.11 Å². The van der Waals surface area contributed by atoms with Crippen molar-refractivity contribution < 1.29 is 9.47 Å². The topological polar surface area (TPSA) is 30.5 Å². The van der Waals surface area contributed by atoms with Crippen LogP contribution in [0.15, 0.2) is 42.5 Å². The molecule has 0 fully saturated rings. The average Bonchev–Trinajstić information content (AvgIpc) is 2.43. The normalized spacial score (nSPS) is 10.3. The second-order valence-corrected chi connectivity index (χ2v) is 4.38. The highest BCUT2D eigenvalue weighted by atomic mass is 16.5. The Morgan fingerprint density at radius 3 is 2.37 bits per heavy atom. The second-order valence-electron chi connectivity index (χ2n) is 4.38. The van der Waals surface area contributed by atoms with Gasteiger partial charge in [0.1, 0.15) is 5.75 Å². The van der Waals surface area contributed by atoms with Crippen molar-refractivity contribution in [1.29, 1.82) is 0 Å². The standard InChI is InChI=1S/C16H19NO2/c1-12-10-13(11-17-2)8-9-14(12)19-16-7-5-4-6-15(16)18-3/h4-10,17H,11H2,1-3H3. The maximum Gasteiger partial charge on any atom is 0.169 e. The molecule has 2 aromatic carbocycles. The summed E-state index contributed by atoms with van der Waals surface area (Å²) in [6.45, 7) is 2.90. The van der Waals surface area contributed by atoms with Gasteiger partial charge in [-0.3, -0.25) is 0 Å². The molecule has 0 aliphatic rings. The maximum absolute atomic E-state index is 5.92. The van der Waals surface area contributed by atoms with Crippen LogP contribution in [0.4, 0.5) is 0 Å². The molecular formula is C16H19NO2. The quantitative estimate of drug-likeness (QED) is 0.889. The number of hydrogen-bond donors (Lipinski definition) is 1. The Balaban J connectivity index is 2.23. The molecule has 2 aromatic rings. The van der Waals surface area contributed by atoms with Crippen LogP contribution in [-0.4, -0.2) is 14.2 Å². The summed E-state index contributed by atoms with van der Waals surface area (Å²) in [4.78, 5) is 0. The monoisotopic (exact) mass is 257 g/mol. The van der Waals surface area contributed by atoms with Gasteiger partial charge in [-0.05, 0) is 43.3 Å². The van der Waals surface area contributed by atoms with Crippen molar-refractivity contribution in [3.63, 3.8) is 0 Å². The van der Waals surface area contributed by atoms with Crippen LogP contribution in [0.25, 0.3) is 0 Å². The Morgan fingerprint density at radius 2 is 1.74 bits per heavy atom. The third-order valence-electron chi connectivity index (χ3n) is 2.91. The highest BCUT2D eigenvalue weighted by Crippen LogP contribution is 2.32. The van der Waals surface area contributed by atoms with Crippen LogP contribution in [0.1, 0.15) is 11.1 Å². The molecule has 3 nitrogen and oxygen atoms in total. The van der Waals surface area contributed by atoms with Crippen LogP contribution in [0, 0.1) is 6.92 Å². The van der Waals surface area contributed by atoms with Crippen LogP contribution < -0.4 is 14.8 Å². The molecular weight excluding hydrogens is 238 g/mol. The number of ether oxygens (including phenoxy) is 2. The first kappa shape index (κ1) is 13.4. The number of nitrogens with one attached hydrogen (secondary N) is 1. The lowest BCUT2D eigenvalue weighted by Crippen LogP contribution is -2.05. The summed E-state index contributed by atoms with van der Waals surface area (Å²) in [6.07, 6.45) is 0. The Bertz CT molecular complexity index is 552. The second kappa shape index (κ2) is 6.25. The fourth-order valence-corrected chi connectivity index (χ4v) is 1.96. The van der Waals surface area contributed by atoms with E-state index in [9.17, 15) is 0 Å². The first-order valence-electron chi connectivity index (χ1n) is 6.29. The summed E-state index contributed by atoms with van der Waals surface area (Å²) in [7, 11) is 3.58. The summed E-state index contributed by atoms with van der Waals surface area (Å²) in [5.74, 6) is 2.32. The molecule has 0 heterocycles. The fourth-order valence-electron chi connectivity index (χ4n) is 1.96. The molecule has 0 saturated carbocycles. The highest BCUT2D eigenvalue weighted by Gasteiger charge is 2.06. The largest absolute Gasteiger partial charge is 0.493 e. The smallest absolute Gasteiger partial charge is 0.169 e. The average molecular weight is 257 g/mol. The van der Waals surface area contributed by atoms with Gasteiger partial charge in [-0.1, -0.05) is 24.3 Å². The van der Waals surface area contributed by atoms with E-state index in [1.54, 1.807) is 7.11 Å². The van der Waals surface area contributed by atoms with Crippen molar-refractivity contribution in [2.75, 3.05) is 14.2 Å². The Morgan fingerprint density at radius 1 is 1.00 bits per heavy atom. The van der Waals surface area contributed by atoms with Crippen molar-refractivity contribution >= 4 is 0 Å². The van der Waals surface area contributed by atoms with Gasteiger partial charge in [-0.25, -0.2) is 0 Å². The molecule has 0 aliphatic carbocycles. The van der Waals surface area contributed by atoms with Crippen molar-refractivity contribution in [3.05, 3.63) is 53.6 Å². The number of benzene rings is 2. The Hall–Kier alpha value is -2.00. The van der Waals surface area contributed by atoms with E-state index in [1.165, 1.54) is 5.56 Å². The van der Waals surface area contributed by atoms with Crippen LogP contribution >= 0.6 is 0 Å². The number of rotatable bonds is 5. The molecule has 0 bridgehead atoms. The summed E-state index contributed by atoms with van der Waals surface area (Å²) >= 11 is 0. The molecule has 0 aliphatic heterocycles. The van der Waals surface area contributed by atoms with Crippen LogP contribution in [-0.2, 0) is 6.54 Å². The van der Waals surface area contributed by atoms with Gasteiger partial charge in [-0.2, -0.15) is 0 Å². The lowest BCUT2D eigenvalue weighted by atomic mass is 10.1. The van der Waals surface area contributed by atoms with Crippen molar-refractivity contribution in [2.24, 2.45) is 0 Å². The zero-order chi connectivity index (χ0) is 13.7. The molecule has 19 heavy (non-hydrogen) atoms. The molecule has 2 rings (SSSR count). The summed E-state index contributed by atoms with van der Waals surface area (Å²) in [5.41, 5.74) is 2.35. The van der Waals surface area contributed by atoms with E-state index in [0.717, 1.165) is 29.4 Å². The highest BCUT2D eigenvalue weighted by molar-refractivity contribution is 5.45. The van der Waals surface area contributed by atoms with E-state index < -0.39 is 0 Å². The van der Waals surface area contributed by atoms with Gasteiger partial charge < -0.3 is 14.8 Å². The van der Waals surface area contributed by atoms with E-state index in [2.05, 4.69) is 17.4 Å². The maximum atomic E-state index is 5.92. The van der Waals surface area contributed by atoms with Gasteiger partial charge in [-0.15, -0.1) is 0 Å². The van der Waals surface area contributed by atoms with Crippen LogP contribution in [0.5, 0.6) is 17.2 Å². The number of para-hydroxylation sites is 2. The minimum absolute atomic E-state index is 0.731. The zero-order valence-corrected chi connectivity index (χ0v) is 11.6. The van der Waals surface area contributed by atoms with E-state index >= 15 is 0 Å². The minimum atomic E-state index is 0.731. The number of hydrogen-bond acceptors (Lipinski definition) is 3. The van der Waals surface area contributed by atoms with Crippen molar-refractivity contribution in [3.8, 4) is 17.2 Å². The number of aryl methyl sites for hydroxylation is 1. The third kappa shape index (κ3) is 3.26. The van der Waals surface area contributed by atoms with Crippen molar-refractivity contribution in [2.45, 2.75) is 13.5 Å². The van der Waals surface area contributed by atoms with E-state index in [0.29, 0.717) is 0 Å². The zero-order valence-electron chi connectivity index (χ0n) is 11.6. The van der Waals surface area contributed by atoms with Gasteiger partial charge >= 0.3 is 0 Å². The lowest BCUT2D eigenvalue weighted by Gasteiger charge is -2.12. The first-order chi connectivity index (χ1) is 9.24. The Labute approximate surface area is 114 Å². The summed E-state index contributed by atoms with van der Waals surface area (Å²) < 4.78 is 11.2. The molecule has 3 heteroatoms. The summed E-state index contributed by atoms with van der Waals surface area (Å²) in [5, 5.41) is 3.14. The van der Waals surface area contributed by atoms with Gasteiger partial charge in [0, 0.05) is 6.54 Å². The molecule has 0 amide bonds. The fraction of sp³-hybridized carbons (Fsp3) is 0.250. The SMILES string of the molecule is CNCc1ccc(Oc2ccccc2OC)c(C)c1. The van der Waals surface area contributed by atoms with E-state index in [4.69, 9.17) is 9.47 Å². The van der Waals surface area contributed by atoms with Gasteiger partial charge in [0.25, 0.3) is 0 Å². The first-order valence-corrected chi connectivity index (χ1v) is 6.29. The van der Waals surface area contributed by atoms with E-state index in [1.807, 2.05) is 44.3 Å². The third-order valence-corrected chi connectivity index (χ3v) is 2.91. The molecule has 1 N–H and O–H groups in total. The Kier molecular flexibility index (Phi) is 4.42. The van der Waals surface area contributed by atoms with Crippen LogP contribution in [0.3, 0.4) is 0 Å². The molecule has 0 aromatic heterocycles. The predicted octanol–water partition coefficient (Wildman–Crippen LogP) is 3.52. The molecule has 0 spiro atoms. The molecule has 100 valence electrons. The number of methoxy groups -OCH3 is 1. The van der Waals surface area contributed by atoms with Gasteiger partial charge in [0.15, 0.2) is 11.5 Å². The minimum Gasteiger partial charge on any atom is -0.493 e.